The molecule has 1 heterocycles. The summed E-state index contributed by atoms with van der Waals surface area (Å²) in [6.45, 7) is 0.296. The van der Waals surface area contributed by atoms with Gasteiger partial charge in [-0.2, -0.15) is 0 Å². The molecule has 12 heavy (non-hydrogen) atoms. The van der Waals surface area contributed by atoms with Crippen molar-refractivity contribution in [3.05, 3.63) is 12.2 Å². The number of carbonyl (C=O) groups excluding carboxylic acids is 1. The lowest BCUT2D eigenvalue weighted by molar-refractivity contribution is 0.0586. The van der Waals surface area contributed by atoms with Crippen LogP contribution in [0.1, 0.15) is 10.6 Å². The van der Waals surface area contributed by atoms with Crippen molar-refractivity contribution >= 4 is 5.97 Å². The van der Waals surface area contributed by atoms with E-state index in [2.05, 4.69) is 20.7 Å². The molecule has 0 unspecified atom stereocenters. The summed E-state index contributed by atoms with van der Waals surface area (Å²) in [5.74, 6) is 1.82. The maximum atomic E-state index is 10.8. The zero-order valence-corrected chi connectivity index (χ0v) is 6.52. The number of rotatable bonds is 2. The van der Waals surface area contributed by atoms with E-state index in [0.717, 1.165) is 0 Å². The molecule has 0 N–H and O–H groups in total. The van der Waals surface area contributed by atoms with Crippen LogP contribution in [-0.2, 0) is 11.3 Å². The molecule has 0 aliphatic carbocycles. The Morgan fingerprint density at radius 3 is 3.25 bits per heavy atom. The van der Waals surface area contributed by atoms with E-state index in [-0.39, 0.29) is 5.82 Å². The number of carbonyl (C=O) groups is 1. The molecule has 62 valence electrons. The van der Waals surface area contributed by atoms with Crippen molar-refractivity contribution in [2.24, 2.45) is 0 Å². The average Bonchev–Trinajstić information content (AvgIpc) is 2.52. The normalized spacial score (nSPS) is 9.00. The highest BCUT2D eigenvalue weighted by atomic mass is 16.5. The van der Waals surface area contributed by atoms with Gasteiger partial charge in [0.25, 0.3) is 5.82 Å². The van der Waals surface area contributed by atoms with Gasteiger partial charge in [0.15, 0.2) is 0 Å². The second kappa shape index (κ2) is 3.53. The predicted molar refractivity (Wildman–Crippen MR) is 40.2 cm³/mol. The number of hydrogen-bond acceptors (Lipinski definition) is 4. The number of aromatic nitrogens is 3. The first-order valence-electron chi connectivity index (χ1n) is 3.19. The van der Waals surface area contributed by atoms with Gasteiger partial charge in [0.1, 0.15) is 12.9 Å². The summed E-state index contributed by atoms with van der Waals surface area (Å²) < 4.78 is 5.78. The monoisotopic (exact) mass is 165 g/mol. The quantitative estimate of drug-likeness (QED) is 0.446. The smallest absolute Gasteiger partial charge is 0.377 e. The molecule has 1 aromatic heterocycles. The summed E-state index contributed by atoms with van der Waals surface area (Å²) in [6, 6.07) is 0. The molecular formula is C7H7N3O2. The van der Waals surface area contributed by atoms with E-state index in [9.17, 15) is 4.79 Å². The van der Waals surface area contributed by atoms with Gasteiger partial charge in [-0.15, -0.1) is 11.5 Å². The molecule has 0 aliphatic heterocycles. The van der Waals surface area contributed by atoms with Gasteiger partial charge in [-0.25, -0.2) is 14.5 Å². The maximum absolute atomic E-state index is 10.8. The topological polar surface area (TPSA) is 57.0 Å². The number of terminal acetylenes is 1. The average molecular weight is 165 g/mol. The molecule has 0 aliphatic rings. The van der Waals surface area contributed by atoms with Crippen LogP contribution in [0.4, 0.5) is 0 Å². The molecule has 0 amide bonds. The number of hydrogen-bond donors (Lipinski definition) is 0. The van der Waals surface area contributed by atoms with Gasteiger partial charge in [0, 0.05) is 0 Å². The van der Waals surface area contributed by atoms with Crippen LogP contribution >= 0.6 is 0 Å². The van der Waals surface area contributed by atoms with Crippen LogP contribution in [0, 0.1) is 12.3 Å². The predicted octanol–water partition coefficient (Wildman–Crippen LogP) is -0.302. The second-order valence-corrected chi connectivity index (χ2v) is 1.96. The molecule has 0 aromatic carbocycles. The SMILES string of the molecule is C#CCn1cnc(C(=O)OC)n1. The number of methoxy groups -OCH3 is 1. The molecule has 1 aromatic rings. The summed E-state index contributed by atoms with van der Waals surface area (Å²) in [4.78, 5) is 14.5. The lowest BCUT2D eigenvalue weighted by atomic mass is 10.6. The van der Waals surface area contributed by atoms with Gasteiger partial charge in [0.05, 0.1) is 7.11 Å². The summed E-state index contributed by atoms with van der Waals surface area (Å²) in [6.07, 6.45) is 6.40. The summed E-state index contributed by atoms with van der Waals surface area (Å²) in [5.41, 5.74) is 0. The van der Waals surface area contributed by atoms with Gasteiger partial charge < -0.3 is 4.74 Å². The molecule has 5 heteroatoms. The molecule has 5 nitrogen and oxygen atoms in total. The van der Waals surface area contributed by atoms with Gasteiger partial charge in [-0.1, -0.05) is 5.92 Å². The zero-order chi connectivity index (χ0) is 8.97. The van der Waals surface area contributed by atoms with Gasteiger partial charge >= 0.3 is 5.97 Å². The molecular weight excluding hydrogens is 158 g/mol. The lowest BCUT2D eigenvalue weighted by Crippen LogP contribution is -2.05. The molecule has 0 spiro atoms. The molecule has 0 saturated heterocycles. The first kappa shape index (κ1) is 8.27. The highest BCUT2D eigenvalue weighted by molar-refractivity contribution is 5.84. The van der Waals surface area contributed by atoms with E-state index in [4.69, 9.17) is 6.42 Å². The third-order valence-corrected chi connectivity index (χ3v) is 1.16. The van der Waals surface area contributed by atoms with Crippen LogP contribution in [0.25, 0.3) is 0 Å². The van der Waals surface area contributed by atoms with Crippen molar-refractivity contribution < 1.29 is 9.53 Å². The van der Waals surface area contributed by atoms with Crippen LogP contribution in [0.2, 0.25) is 0 Å². The van der Waals surface area contributed by atoms with E-state index in [0.29, 0.717) is 6.54 Å². The van der Waals surface area contributed by atoms with E-state index in [1.54, 1.807) is 0 Å². The Hall–Kier alpha value is -1.83. The van der Waals surface area contributed by atoms with Crippen LogP contribution in [0.3, 0.4) is 0 Å². The Balaban J connectivity index is 2.78. The Morgan fingerprint density at radius 2 is 2.67 bits per heavy atom. The fourth-order valence-electron chi connectivity index (χ4n) is 0.649. The minimum absolute atomic E-state index is 0.0211. The Labute approximate surface area is 69.4 Å². The van der Waals surface area contributed by atoms with Crippen LogP contribution in [-0.4, -0.2) is 27.8 Å². The molecule has 0 saturated carbocycles. The van der Waals surface area contributed by atoms with Gasteiger partial charge in [-0.05, 0) is 0 Å². The van der Waals surface area contributed by atoms with Crippen molar-refractivity contribution in [3.63, 3.8) is 0 Å². The minimum atomic E-state index is -0.564. The number of esters is 1. The van der Waals surface area contributed by atoms with Crippen molar-refractivity contribution in [2.45, 2.75) is 6.54 Å². The van der Waals surface area contributed by atoms with Gasteiger partial charge in [0.2, 0.25) is 0 Å². The molecule has 0 atom stereocenters. The number of ether oxygens (including phenoxy) is 1. The van der Waals surface area contributed by atoms with Crippen LogP contribution in [0.15, 0.2) is 6.33 Å². The maximum Gasteiger partial charge on any atom is 0.377 e. The molecule has 0 bridgehead atoms. The highest BCUT2D eigenvalue weighted by Crippen LogP contribution is 1.91. The molecule has 1 rings (SSSR count). The van der Waals surface area contributed by atoms with Crippen molar-refractivity contribution in [1.29, 1.82) is 0 Å². The molecule has 0 fully saturated rings. The first-order chi connectivity index (χ1) is 5.77. The second-order valence-electron chi connectivity index (χ2n) is 1.96. The van der Waals surface area contributed by atoms with E-state index in [1.165, 1.54) is 18.1 Å². The first-order valence-corrected chi connectivity index (χ1v) is 3.19. The Bertz CT molecular complexity index is 324. The fourth-order valence-corrected chi connectivity index (χ4v) is 0.649. The van der Waals surface area contributed by atoms with Crippen LogP contribution < -0.4 is 0 Å². The summed E-state index contributed by atoms with van der Waals surface area (Å²) in [7, 11) is 1.27. The summed E-state index contributed by atoms with van der Waals surface area (Å²) >= 11 is 0. The van der Waals surface area contributed by atoms with Crippen molar-refractivity contribution in [3.8, 4) is 12.3 Å². The highest BCUT2D eigenvalue weighted by Gasteiger charge is 2.09. The summed E-state index contributed by atoms with van der Waals surface area (Å²) in [5, 5.41) is 3.76. The van der Waals surface area contributed by atoms with Crippen molar-refractivity contribution in [1.82, 2.24) is 14.8 Å². The number of nitrogens with zero attached hydrogens (tertiary/aromatic N) is 3. The van der Waals surface area contributed by atoms with Gasteiger partial charge in [-0.3, -0.25) is 0 Å². The third-order valence-electron chi connectivity index (χ3n) is 1.16. The standard InChI is InChI=1S/C7H7N3O2/c1-3-4-10-5-8-6(9-10)7(11)12-2/h1,5H,4H2,2H3. The Kier molecular flexibility index (Phi) is 2.43. The van der Waals surface area contributed by atoms with Crippen LogP contribution in [0.5, 0.6) is 0 Å². The van der Waals surface area contributed by atoms with E-state index in [1.807, 2.05) is 0 Å². The fraction of sp³-hybridized carbons (Fsp3) is 0.286. The van der Waals surface area contributed by atoms with E-state index >= 15 is 0 Å². The zero-order valence-electron chi connectivity index (χ0n) is 6.52. The third kappa shape index (κ3) is 1.61. The largest absolute Gasteiger partial charge is 0.463 e. The van der Waals surface area contributed by atoms with Crippen molar-refractivity contribution in [2.75, 3.05) is 7.11 Å². The van der Waals surface area contributed by atoms with E-state index < -0.39 is 5.97 Å². The Morgan fingerprint density at radius 1 is 1.92 bits per heavy atom. The lowest BCUT2D eigenvalue weighted by Gasteiger charge is -1.90. The minimum Gasteiger partial charge on any atom is -0.463 e. The molecule has 0 radical (unpaired) electrons.